The summed E-state index contributed by atoms with van der Waals surface area (Å²) in [4.78, 5) is 13.2. The third kappa shape index (κ3) is 6.05. The van der Waals surface area contributed by atoms with Crippen LogP contribution in [0, 0.1) is 6.92 Å². The summed E-state index contributed by atoms with van der Waals surface area (Å²) >= 11 is 0. The molecule has 4 rings (SSSR count). The van der Waals surface area contributed by atoms with E-state index in [2.05, 4.69) is 26.1 Å². The van der Waals surface area contributed by atoms with Gasteiger partial charge in [-0.1, -0.05) is 44.5 Å². The van der Waals surface area contributed by atoms with Crippen molar-refractivity contribution in [1.82, 2.24) is 5.32 Å². The summed E-state index contributed by atoms with van der Waals surface area (Å²) in [5, 5.41) is 2.80. The van der Waals surface area contributed by atoms with Gasteiger partial charge in [0.1, 0.15) is 23.9 Å². The normalized spacial score (nSPS) is 15.3. The molecule has 0 saturated carbocycles. The second kappa shape index (κ2) is 10.9. The molecule has 8 nitrogen and oxygen atoms in total. The molecule has 9 heteroatoms. The monoisotopic (exact) mass is 538 g/mol. The maximum absolute atomic E-state index is 13.8. The summed E-state index contributed by atoms with van der Waals surface area (Å²) in [6.45, 7) is 8.38. The van der Waals surface area contributed by atoms with E-state index in [0.717, 1.165) is 16.9 Å². The molecule has 1 aliphatic heterocycles. The fourth-order valence-electron chi connectivity index (χ4n) is 4.05. The molecule has 3 aromatic carbocycles. The van der Waals surface area contributed by atoms with Gasteiger partial charge in [0.2, 0.25) is 0 Å². The SMILES string of the molecule is COc1ccc(OCCNC(=O)[C@@H]2CN(S(=O)(=O)c3ccc(C)cc3)c3cc(C(C)(C)C)ccc3O2)cc1. The molecule has 1 heterocycles. The van der Waals surface area contributed by atoms with Gasteiger partial charge in [0.05, 0.1) is 30.8 Å². The van der Waals surface area contributed by atoms with E-state index in [4.69, 9.17) is 14.2 Å². The molecule has 0 spiro atoms. The van der Waals surface area contributed by atoms with Crippen molar-refractivity contribution >= 4 is 21.6 Å². The molecule has 3 aromatic rings. The molecule has 0 aliphatic carbocycles. The van der Waals surface area contributed by atoms with Crippen LogP contribution in [-0.4, -0.2) is 47.2 Å². The molecule has 38 heavy (non-hydrogen) atoms. The Labute approximate surface area is 224 Å². The van der Waals surface area contributed by atoms with Gasteiger partial charge in [0.25, 0.3) is 15.9 Å². The van der Waals surface area contributed by atoms with Crippen molar-refractivity contribution in [3.05, 3.63) is 77.9 Å². The zero-order valence-corrected chi connectivity index (χ0v) is 23.2. The molecule has 0 radical (unpaired) electrons. The lowest BCUT2D eigenvalue weighted by molar-refractivity contribution is -0.127. The highest BCUT2D eigenvalue weighted by Crippen LogP contribution is 2.40. The number of hydrogen-bond donors (Lipinski definition) is 1. The Balaban J connectivity index is 1.52. The average Bonchev–Trinajstić information content (AvgIpc) is 2.90. The van der Waals surface area contributed by atoms with E-state index < -0.39 is 22.0 Å². The average molecular weight is 539 g/mol. The van der Waals surface area contributed by atoms with Crippen molar-refractivity contribution in [2.24, 2.45) is 0 Å². The molecule has 0 saturated heterocycles. The van der Waals surface area contributed by atoms with Gasteiger partial charge < -0.3 is 19.5 Å². The Kier molecular flexibility index (Phi) is 7.87. The van der Waals surface area contributed by atoms with E-state index in [1.165, 1.54) is 4.31 Å². The number of amides is 1. The van der Waals surface area contributed by atoms with Crippen LogP contribution in [0.4, 0.5) is 5.69 Å². The number of carbonyl (C=O) groups is 1. The van der Waals surface area contributed by atoms with Gasteiger partial charge in [0.15, 0.2) is 6.10 Å². The van der Waals surface area contributed by atoms with Gasteiger partial charge in [-0.25, -0.2) is 8.42 Å². The van der Waals surface area contributed by atoms with Crippen LogP contribution >= 0.6 is 0 Å². The number of rotatable bonds is 8. The van der Waals surface area contributed by atoms with E-state index >= 15 is 0 Å². The first-order valence-electron chi connectivity index (χ1n) is 12.4. The Morgan fingerprint density at radius 2 is 1.68 bits per heavy atom. The minimum Gasteiger partial charge on any atom is -0.497 e. The second-order valence-corrected chi connectivity index (χ2v) is 12.1. The number of anilines is 1. The smallest absolute Gasteiger partial charge is 0.264 e. The maximum Gasteiger partial charge on any atom is 0.264 e. The van der Waals surface area contributed by atoms with Gasteiger partial charge in [-0.3, -0.25) is 9.10 Å². The van der Waals surface area contributed by atoms with E-state index in [1.54, 1.807) is 61.7 Å². The highest BCUT2D eigenvalue weighted by atomic mass is 32.2. The first kappa shape index (κ1) is 27.3. The number of ether oxygens (including phenoxy) is 3. The summed E-state index contributed by atoms with van der Waals surface area (Å²) in [5.41, 5.74) is 2.13. The van der Waals surface area contributed by atoms with Crippen LogP contribution in [0.5, 0.6) is 17.2 Å². The molecular formula is C29H34N2O6S. The van der Waals surface area contributed by atoms with Crippen molar-refractivity contribution in [2.45, 2.75) is 44.1 Å². The third-order valence-electron chi connectivity index (χ3n) is 6.33. The summed E-state index contributed by atoms with van der Waals surface area (Å²) in [6, 6.07) is 19.3. The van der Waals surface area contributed by atoms with Crippen LogP contribution in [0.3, 0.4) is 0 Å². The number of carbonyl (C=O) groups excluding carboxylic acids is 1. The van der Waals surface area contributed by atoms with Crippen LogP contribution in [-0.2, 0) is 20.2 Å². The van der Waals surface area contributed by atoms with Gasteiger partial charge in [-0.05, 0) is 66.4 Å². The van der Waals surface area contributed by atoms with E-state index in [0.29, 0.717) is 17.2 Å². The van der Waals surface area contributed by atoms with Crippen molar-refractivity contribution in [3.8, 4) is 17.2 Å². The molecule has 1 aliphatic rings. The summed E-state index contributed by atoms with van der Waals surface area (Å²) in [5.74, 6) is 1.29. The number of sulfonamides is 1. The number of hydrogen-bond acceptors (Lipinski definition) is 6. The third-order valence-corrected chi connectivity index (χ3v) is 8.12. The molecular weight excluding hydrogens is 504 g/mol. The molecule has 1 amide bonds. The molecule has 1 atom stereocenters. The van der Waals surface area contributed by atoms with Crippen LogP contribution in [0.1, 0.15) is 31.9 Å². The van der Waals surface area contributed by atoms with E-state index in [1.807, 2.05) is 19.1 Å². The van der Waals surface area contributed by atoms with Crippen molar-refractivity contribution < 1.29 is 27.4 Å². The van der Waals surface area contributed by atoms with Crippen molar-refractivity contribution in [3.63, 3.8) is 0 Å². The quantitative estimate of drug-likeness (QED) is 0.426. The van der Waals surface area contributed by atoms with Crippen molar-refractivity contribution in [2.75, 3.05) is 31.1 Å². The van der Waals surface area contributed by atoms with Crippen molar-refractivity contribution in [1.29, 1.82) is 0 Å². The molecule has 202 valence electrons. The largest absolute Gasteiger partial charge is 0.497 e. The molecule has 0 bridgehead atoms. The molecule has 0 unspecified atom stereocenters. The maximum atomic E-state index is 13.8. The first-order chi connectivity index (χ1) is 18.0. The number of aryl methyl sites for hydroxylation is 1. The zero-order chi connectivity index (χ0) is 27.5. The summed E-state index contributed by atoms with van der Waals surface area (Å²) < 4.78 is 45.6. The number of benzene rings is 3. The van der Waals surface area contributed by atoms with Crippen LogP contribution in [0.2, 0.25) is 0 Å². The first-order valence-corrected chi connectivity index (χ1v) is 13.9. The van der Waals surface area contributed by atoms with E-state index in [9.17, 15) is 13.2 Å². The van der Waals surface area contributed by atoms with Crippen LogP contribution < -0.4 is 23.8 Å². The molecule has 0 fully saturated rings. The van der Waals surface area contributed by atoms with E-state index in [-0.39, 0.29) is 30.0 Å². The zero-order valence-electron chi connectivity index (χ0n) is 22.4. The lowest BCUT2D eigenvalue weighted by atomic mass is 9.86. The minimum absolute atomic E-state index is 0.151. The fourth-order valence-corrected chi connectivity index (χ4v) is 5.52. The lowest BCUT2D eigenvalue weighted by Gasteiger charge is -2.36. The predicted molar refractivity (Wildman–Crippen MR) is 147 cm³/mol. The molecule has 0 aromatic heterocycles. The van der Waals surface area contributed by atoms with Gasteiger partial charge in [-0.15, -0.1) is 0 Å². The Bertz CT molecular complexity index is 1380. The number of nitrogens with zero attached hydrogens (tertiary/aromatic N) is 1. The Hall–Kier alpha value is -3.72. The lowest BCUT2D eigenvalue weighted by Crippen LogP contribution is -2.51. The van der Waals surface area contributed by atoms with Crippen LogP contribution in [0.25, 0.3) is 0 Å². The number of methoxy groups -OCH3 is 1. The fraction of sp³-hybridized carbons (Fsp3) is 0.345. The number of nitrogens with one attached hydrogen (secondary N) is 1. The topological polar surface area (TPSA) is 94.2 Å². The Morgan fingerprint density at radius 3 is 2.32 bits per heavy atom. The highest BCUT2D eigenvalue weighted by molar-refractivity contribution is 7.92. The summed E-state index contributed by atoms with van der Waals surface area (Å²) in [6.07, 6.45) is -1.02. The minimum atomic E-state index is -3.95. The second-order valence-electron chi connectivity index (χ2n) is 10.2. The number of fused-ring (bicyclic) bond motifs is 1. The van der Waals surface area contributed by atoms with Crippen LogP contribution in [0.15, 0.2) is 71.6 Å². The highest BCUT2D eigenvalue weighted by Gasteiger charge is 2.38. The molecule has 1 N–H and O–H groups in total. The van der Waals surface area contributed by atoms with Gasteiger partial charge in [0, 0.05) is 0 Å². The standard InChI is InChI=1S/C29H34N2O6S/c1-20-6-13-24(14-7-20)38(33,34)31-19-27(37-26-15-8-21(18-25(26)31)29(2,3)4)28(32)30-16-17-36-23-11-9-22(35-5)10-12-23/h6-15,18,27H,16-17,19H2,1-5H3,(H,30,32)/t27-/m0/s1. The van der Waals surface area contributed by atoms with Gasteiger partial charge in [-0.2, -0.15) is 0 Å². The van der Waals surface area contributed by atoms with Gasteiger partial charge >= 0.3 is 0 Å². The Morgan fingerprint density at radius 1 is 1.03 bits per heavy atom. The predicted octanol–water partition coefficient (Wildman–Crippen LogP) is 4.45. The summed E-state index contributed by atoms with van der Waals surface area (Å²) in [7, 11) is -2.36.